The number of methoxy groups -OCH3 is 2. The van der Waals surface area contributed by atoms with Crippen LogP contribution in [0.1, 0.15) is 12.5 Å². The number of hydrogen-bond donors (Lipinski definition) is 0. The standard InChI is InChI=1S/C29H35N3O6S/c1-4-38-25-12-10-24(11-13-25)32(39(34,35)26-14-15-27(36-2)28(20-26)37-3)22-29(33)31-18-16-30(17-19-31)21-23-8-6-5-7-9-23/h5-15,20H,4,16-19,21-22H2,1-3H3. The summed E-state index contributed by atoms with van der Waals surface area (Å²) in [5, 5.41) is 0. The van der Waals surface area contributed by atoms with Crippen molar-refractivity contribution in [2.45, 2.75) is 18.4 Å². The van der Waals surface area contributed by atoms with Gasteiger partial charge in [-0.2, -0.15) is 0 Å². The zero-order valence-corrected chi connectivity index (χ0v) is 23.4. The summed E-state index contributed by atoms with van der Waals surface area (Å²) >= 11 is 0. The number of hydrogen-bond acceptors (Lipinski definition) is 7. The summed E-state index contributed by atoms with van der Waals surface area (Å²) in [5.41, 5.74) is 1.59. The van der Waals surface area contributed by atoms with Crippen LogP contribution in [0.25, 0.3) is 0 Å². The summed E-state index contributed by atoms with van der Waals surface area (Å²) in [7, 11) is -1.20. The fourth-order valence-corrected chi connectivity index (χ4v) is 5.94. The highest BCUT2D eigenvalue weighted by molar-refractivity contribution is 7.92. The van der Waals surface area contributed by atoms with Crippen molar-refractivity contribution >= 4 is 21.6 Å². The van der Waals surface area contributed by atoms with Gasteiger partial charge < -0.3 is 19.1 Å². The lowest BCUT2D eigenvalue weighted by molar-refractivity contribution is -0.131. The van der Waals surface area contributed by atoms with Crippen molar-refractivity contribution in [2.24, 2.45) is 0 Å². The molecule has 1 aliphatic rings. The lowest BCUT2D eigenvalue weighted by Crippen LogP contribution is -2.51. The summed E-state index contributed by atoms with van der Waals surface area (Å²) in [6, 6.07) is 21.3. The van der Waals surface area contributed by atoms with Crippen molar-refractivity contribution in [3.05, 3.63) is 78.4 Å². The highest BCUT2D eigenvalue weighted by Gasteiger charge is 2.31. The van der Waals surface area contributed by atoms with Crippen LogP contribution in [-0.2, 0) is 21.4 Å². The lowest BCUT2D eigenvalue weighted by Gasteiger charge is -2.36. The van der Waals surface area contributed by atoms with Gasteiger partial charge in [0, 0.05) is 38.8 Å². The Balaban J connectivity index is 1.55. The number of piperazine rings is 1. The average Bonchev–Trinajstić information content (AvgIpc) is 2.97. The molecule has 0 N–H and O–H groups in total. The molecule has 10 heteroatoms. The van der Waals surface area contributed by atoms with Gasteiger partial charge in [-0.1, -0.05) is 30.3 Å². The molecule has 1 aliphatic heterocycles. The third-order valence-electron chi connectivity index (χ3n) is 6.63. The van der Waals surface area contributed by atoms with Crippen molar-refractivity contribution in [3.8, 4) is 17.2 Å². The van der Waals surface area contributed by atoms with E-state index in [1.54, 1.807) is 29.2 Å². The summed E-state index contributed by atoms with van der Waals surface area (Å²) in [5.74, 6) is 1.05. The second kappa shape index (κ2) is 12.9. The van der Waals surface area contributed by atoms with E-state index in [2.05, 4.69) is 17.0 Å². The zero-order chi connectivity index (χ0) is 27.8. The number of anilines is 1. The maximum atomic E-state index is 13.9. The number of rotatable bonds is 11. The van der Waals surface area contributed by atoms with E-state index in [1.165, 1.54) is 38.0 Å². The number of benzene rings is 3. The fraction of sp³-hybridized carbons (Fsp3) is 0.345. The summed E-state index contributed by atoms with van der Waals surface area (Å²) in [4.78, 5) is 17.5. The molecule has 1 amide bonds. The minimum atomic E-state index is -4.12. The molecule has 0 unspecified atom stereocenters. The van der Waals surface area contributed by atoms with Crippen molar-refractivity contribution in [1.29, 1.82) is 0 Å². The van der Waals surface area contributed by atoms with E-state index in [0.717, 1.165) is 10.8 Å². The van der Waals surface area contributed by atoms with Crippen molar-refractivity contribution in [1.82, 2.24) is 9.80 Å². The smallest absolute Gasteiger partial charge is 0.264 e. The molecule has 9 nitrogen and oxygen atoms in total. The number of sulfonamides is 1. The fourth-order valence-electron chi connectivity index (χ4n) is 4.51. The Hall–Kier alpha value is -3.76. The van der Waals surface area contributed by atoms with Crippen LogP contribution in [-0.4, -0.2) is 77.7 Å². The Bertz CT molecular complexity index is 1340. The SMILES string of the molecule is CCOc1ccc(N(CC(=O)N2CCN(Cc3ccccc3)CC2)S(=O)(=O)c2ccc(OC)c(OC)c2)cc1. The molecule has 0 bridgehead atoms. The van der Waals surface area contributed by atoms with Gasteiger partial charge in [0.25, 0.3) is 10.0 Å². The lowest BCUT2D eigenvalue weighted by atomic mass is 10.2. The van der Waals surface area contributed by atoms with Gasteiger partial charge in [0.05, 0.1) is 31.4 Å². The first-order valence-electron chi connectivity index (χ1n) is 12.9. The van der Waals surface area contributed by atoms with Crippen molar-refractivity contribution in [3.63, 3.8) is 0 Å². The van der Waals surface area contributed by atoms with Crippen LogP contribution in [0.5, 0.6) is 17.2 Å². The first-order valence-corrected chi connectivity index (χ1v) is 14.3. The summed E-state index contributed by atoms with van der Waals surface area (Å²) in [6.07, 6.45) is 0. The molecule has 0 atom stereocenters. The van der Waals surface area contributed by atoms with Gasteiger partial charge in [0.15, 0.2) is 11.5 Å². The van der Waals surface area contributed by atoms with Gasteiger partial charge in [-0.25, -0.2) is 8.42 Å². The van der Waals surface area contributed by atoms with E-state index in [1.807, 2.05) is 25.1 Å². The number of nitrogens with zero attached hydrogens (tertiary/aromatic N) is 3. The normalized spacial score (nSPS) is 14.1. The first-order chi connectivity index (χ1) is 18.8. The van der Waals surface area contributed by atoms with Crippen LogP contribution in [0, 0.1) is 0 Å². The average molecular weight is 554 g/mol. The van der Waals surface area contributed by atoms with Crippen LogP contribution in [0.2, 0.25) is 0 Å². The van der Waals surface area contributed by atoms with Crippen LogP contribution in [0.15, 0.2) is 77.7 Å². The molecule has 0 aromatic heterocycles. The van der Waals surface area contributed by atoms with E-state index in [0.29, 0.717) is 50.0 Å². The predicted octanol–water partition coefficient (Wildman–Crippen LogP) is 3.64. The highest BCUT2D eigenvalue weighted by atomic mass is 32.2. The van der Waals surface area contributed by atoms with E-state index in [-0.39, 0.29) is 23.1 Å². The molecule has 3 aromatic rings. The van der Waals surface area contributed by atoms with Crippen molar-refractivity contribution in [2.75, 3.05) is 57.9 Å². The molecule has 1 saturated heterocycles. The number of carbonyl (C=O) groups is 1. The minimum Gasteiger partial charge on any atom is -0.494 e. The third kappa shape index (κ3) is 6.82. The van der Waals surface area contributed by atoms with Gasteiger partial charge in [0.2, 0.25) is 5.91 Å². The molecular formula is C29H35N3O6S. The highest BCUT2D eigenvalue weighted by Crippen LogP contribution is 2.32. The van der Waals surface area contributed by atoms with E-state index in [9.17, 15) is 13.2 Å². The number of carbonyl (C=O) groups excluding carboxylic acids is 1. The molecule has 0 aliphatic carbocycles. The molecular weight excluding hydrogens is 518 g/mol. The van der Waals surface area contributed by atoms with Gasteiger partial charge in [-0.3, -0.25) is 14.0 Å². The molecule has 4 rings (SSSR count). The van der Waals surface area contributed by atoms with Crippen LogP contribution in [0.4, 0.5) is 5.69 Å². The van der Waals surface area contributed by atoms with Gasteiger partial charge >= 0.3 is 0 Å². The van der Waals surface area contributed by atoms with E-state index >= 15 is 0 Å². The maximum Gasteiger partial charge on any atom is 0.264 e. The Morgan fingerprint density at radius 2 is 1.54 bits per heavy atom. The van der Waals surface area contributed by atoms with E-state index < -0.39 is 10.0 Å². The molecule has 1 heterocycles. The molecule has 0 saturated carbocycles. The second-order valence-electron chi connectivity index (χ2n) is 9.10. The minimum absolute atomic E-state index is 0.00508. The Morgan fingerprint density at radius 1 is 0.872 bits per heavy atom. The van der Waals surface area contributed by atoms with Gasteiger partial charge in [-0.15, -0.1) is 0 Å². The summed E-state index contributed by atoms with van der Waals surface area (Å²) < 4.78 is 45.1. The largest absolute Gasteiger partial charge is 0.494 e. The van der Waals surface area contributed by atoms with Crippen LogP contribution < -0.4 is 18.5 Å². The Kier molecular flexibility index (Phi) is 9.32. The van der Waals surface area contributed by atoms with Crippen molar-refractivity contribution < 1.29 is 27.4 Å². The van der Waals surface area contributed by atoms with Crippen LogP contribution in [0.3, 0.4) is 0 Å². The Labute approximate surface area is 230 Å². The quantitative estimate of drug-likeness (QED) is 0.358. The molecule has 39 heavy (non-hydrogen) atoms. The molecule has 0 radical (unpaired) electrons. The maximum absolute atomic E-state index is 13.9. The molecule has 1 fully saturated rings. The van der Waals surface area contributed by atoms with Gasteiger partial charge in [0.1, 0.15) is 12.3 Å². The van der Waals surface area contributed by atoms with Crippen LogP contribution >= 0.6 is 0 Å². The number of ether oxygens (including phenoxy) is 3. The first kappa shape index (κ1) is 28.3. The van der Waals surface area contributed by atoms with E-state index in [4.69, 9.17) is 14.2 Å². The summed E-state index contributed by atoms with van der Waals surface area (Å²) in [6.45, 7) is 5.33. The van der Waals surface area contributed by atoms with Gasteiger partial charge in [-0.05, 0) is 48.9 Å². The molecule has 0 spiro atoms. The number of amides is 1. The topological polar surface area (TPSA) is 88.6 Å². The molecule has 3 aromatic carbocycles. The third-order valence-corrected chi connectivity index (χ3v) is 8.40. The monoisotopic (exact) mass is 553 g/mol. The Morgan fingerprint density at radius 3 is 2.15 bits per heavy atom. The zero-order valence-electron chi connectivity index (χ0n) is 22.6. The second-order valence-corrected chi connectivity index (χ2v) is 11.0. The predicted molar refractivity (Wildman–Crippen MR) is 150 cm³/mol. The molecule has 208 valence electrons.